The average Bonchev–Trinajstić information content (AvgIpc) is 2.93. The van der Waals surface area contributed by atoms with E-state index in [0.29, 0.717) is 10.9 Å². The molecule has 0 atom stereocenters. The third kappa shape index (κ3) is 4.05. The smallest absolute Gasteiger partial charge is 0.321 e. The third-order valence-corrected chi connectivity index (χ3v) is 4.59. The zero-order chi connectivity index (χ0) is 16.2. The number of aromatic nitrogens is 2. The monoisotopic (exact) mass is 332 g/mol. The molecular weight excluding hydrogens is 312 g/mol. The van der Waals surface area contributed by atoms with Gasteiger partial charge in [-0.05, 0) is 43.9 Å². The van der Waals surface area contributed by atoms with Crippen molar-refractivity contribution in [3.05, 3.63) is 47.5 Å². The van der Waals surface area contributed by atoms with E-state index in [2.05, 4.69) is 14.9 Å². The predicted molar refractivity (Wildman–Crippen MR) is 91.7 cm³/mol. The molecule has 0 radical (unpaired) electrons. The Morgan fingerprint density at radius 2 is 2.17 bits per heavy atom. The lowest BCUT2D eigenvalue weighted by atomic mass is 9.97. The highest BCUT2D eigenvalue weighted by molar-refractivity contribution is 6.30. The van der Waals surface area contributed by atoms with Crippen molar-refractivity contribution >= 4 is 23.3 Å². The standard InChI is InChI=1S/C17H21ClN4O/c1-13-19-7-10-22(13)12-14-5-8-21(9-6-14)17(23)20-16-4-2-3-15(18)11-16/h2-4,7,10-11,14H,5-6,8-9,12H2,1H3,(H,20,23). The van der Waals surface area contributed by atoms with E-state index >= 15 is 0 Å². The van der Waals surface area contributed by atoms with Gasteiger partial charge in [0.2, 0.25) is 0 Å². The van der Waals surface area contributed by atoms with Gasteiger partial charge in [-0.1, -0.05) is 17.7 Å². The van der Waals surface area contributed by atoms with E-state index in [-0.39, 0.29) is 6.03 Å². The molecular formula is C17H21ClN4O. The lowest BCUT2D eigenvalue weighted by Gasteiger charge is -2.32. The first-order valence-corrected chi connectivity index (χ1v) is 8.29. The van der Waals surface area contributed by atoms with Crippen LogP contribution in [0.2, 0.25) is 5.02 Å². The van der Waals surface area contributed by atoms with Gasteiger partial charge in [-0.3, -0.25) is 0 Å². The summed E-state index contributed by atoms with van der Waals surface area (Å²) in [7, 11) is 0. The maximum absolute atomic E-state index is 12.3. The topological polar surface area (TPSA) is 50.2 Å². The Hall–Kier alpha value is -2.01. The largest absolute Gasteiger partial charge is 0.335 e. The minimum atomic E-state index is -0.0514. The minimum absolute atomic E-state index is 0.0514. The van der Waals surface area contributed by atoms with Gasteiger partial charge in [-0.15, -0.1) is 0 Å². The Bertz CT molecular complexity index is 677. The summed E-state index contributed by atoms with van der Waals surface area (Å²) in [6, 6.07) is 7.18. The Labute approximate surface area is 141 Å². The molecule has 122 valence electrons. The number of imidazole rings is 1. The van der Waals surface area contributed by atoms with Crippen LogP contribution in [-0.4, -0.2) is 33.6 Å². The van der Waals surface area contributed by atoms with Gasteiger partial charge in [-0.25, -0.2) is 9.78 Å². The van der Waals surface area contributed by atoms with Crippen molar-refractivity contribution in [3.8, 4) is 0 Å². The van der Waals surface area contributed by atoms with Gasteiger partial charge in [0.1, 0.15) is 5.82 Å². The van der Waals surface area contributed by atoms with Crippen LogP contribution in [0.1, 0.15) is 18.7 Å². The number of hydrogen-bond donors (Lipinski definition) is 1. The molecule has 1 saturated heterocycles. The van der Waals surface area contributed by atoms with Crippen LogP contribution in [0.4, 0.5) is 10.5 Å². The molecule has 3 rings (SSSR count). The van der Waals surface area contributed by atoms with Crippen LogP contribution in [0.25, 0.3) is 0 Å². The number of anilines is 1. The lowest BCUT2D eigenvalue weighted by molar-refractivity contribution is 0.176. The molecule has 5 nitrogen and oxygen atoms in total. The molecule has 2 aromatic rings. The predicted octanol–water partition coefficient (Wildman–Crippen LogP) is 3.79. The number of likely N-dealkylation sites (tertiary alicyclic amines) is 1. The van der Waals surface area contributed by atoms with Crippen molar-refractivity contribution < 1.29 is 4.79 Å². The van der Waals surface area contributed by atoms with E-state index in [1.54, 1.807) is 12.1 Å². The first kappa shape index (κ1) is 15.9. The summed E-state index contributed by atoms with van der Waals surface area (Å²) in [5, 5.41) is 3.53. The Balaban J connectivity index is 1.50. The highest BCUT2D eigenvalue weighted by Gasteiger charge is 2.23. The van der Waals surface area contributed by atoms with Crippen LogP contribution in [0.3, 0.4) is 0 Å². The highest BCUT2D eigenvalue weighted by Crippen LogP contribution is 2.21. The summed E-state index contributed by atoms with van der Waals surface area (Å²) in [5.74, 6) is 1.64. The molecule has 23 heavy (non-hydrogen) atoms. The summed E-state index contributed by atoms with van der Waals surface area (Å²) in [4.78, 5) is 18.4. The molecule has 1 fully saturated rings. The van der Waals surface area contributed by atoms with Crippen molar-refractivity contribution in [2.24, 2.45) is 5.92 Å². The molecule has 1 aromatic heterocycles. The molecule has 1 aliphatic heterocycles. The van der Waals surface area contributed by atoms with E-state index in [1.165, 1.54) is 0 Å². The molecule has 6 heteroatoms. The fraction of sp³-hybridized carbons (Fsp3) is 0.412. The number of urea groups is 1. The van der Waals surface area contributed by atoms with Gasteiger partial charge in [0.05, 0.1) is 0 Å². The molecule has 1 aromatic carbocycles. The van der Waals surface area contributed by atoms with Crippen molar-refractivity contribution in [3.63, 3.8) is 0 Å². The summed E-state index contributed by atoms with van der Waals surface area (Å²) < 4.78 is 2.19. The minimum Gasteiger partial charge on any atom is -0.335 e. The number of halogens is 1. The molecule has 2 amide bonds. The normalized spacial score (nSPS) is 15.7. The van der Waals surface area contributed by atoms with E-state index in [9.17, 15) is 4.79 Å². The summed E-state index contributed by atoms with van der Waals surface area (Å²) >= 11 is 5.94. The quantitative estimate of drug-likeness (QED) is 0.929. The SMILES string of the molecule is Cc1nccn1CC1CCN(C(=O)Nc2cccc(Cl)c2)CC1. The van der Waals surface area contributed by atoms with Gasteiger partial charge < -0.3 is 14.8 Å². The second kappa shape index (κ2) is 7.04. The average molecular weight is 333 g/mol. The molecule has 2 heterocycles. The summed E-state index contributed by atoms with van der Waals surface area (Å²) in [6.45, 7) is 4.57. The van der Waals surface area contributed by atoms with Crippen molar-refractivity contribution in [1.82, 2.24) is 14.5 Å². The Morgan fingerprint density at radius 3 is 2.83 bits per heavy atom. The zero-order valence-electron chi connectivity index (χ0n) is 13.2. The highest BCUT2D eigenvalue weighted by atomic mass is 35.5. The van der Waals surface area contributed by atoms with Crippen LogP contribution in [-0.2, 0) is 6.54 Å². The Kier molecular flexibility index (Phi) is 4.86. The molecule has 1 N–H and O–H groups in total. The van der Waals surface area contributed by atoms with Crippen molar-refractivity contribution in [2.45, 2.75) is 26.3 Å². The molecule has 0 saturated carbocycles. The molecule has 1 aliphatic rings. The fourth-order valence-corrected chi connectivity index (χ4v) is 3.15. The van der Waals surface area contributed by atoms with Crippen LogP contribution >= 0.6 is 11.6 Å². The number of carbonyl (C=O) groups excluding carboxylic acids is 1. The first-order chi connectivity index (χ1) is 11.1. The van der Waals surface area contributed by atoms with E-state index in [1.807, 2.05) is 36.4 Å². The number of rotatable bonds is 3. The second-order valence-corrected chi connectivity index (χ2v) is 6.43. The van der Waals surface area contributed by atoms with E-state index in [0.717, 1.165) is 44.0 Å². The molecule has 0 spiro atoms. The Morgan fingerprint density at radius 1 is 1.39 bits per heavy atom. The maximum Gasteiger partial charge on any atom is 0.321 e. The van der Waals surface area contributed by atoms with Gasteiger partial charge in [0, 0.05) is 42.7 Å². The van der Waals surface area contributed by atoms with Gasteiger partial charge in [-0.2, -0.15) is 0 Å². The van der Waals surface area contributed by atoms with E-state index in [4.69, 9.17) is 11.6 Å². The number of piperidine rings is 1. The van der Waals surface area contributed by atoms with Crippen LogP contribution in [0.15, 0.2) is 36.7 Å². The zero-order valence-corrected chi connectivity index (χ0v) is 14.0. The number of nitrogens with zero attached hydrogens (tertiary/aromatic N) is 3. The van der Waals surface area contributed by atoms with Crippen molar-refractivity contribution in [2.75, 3.05) is 18.4 Å². The number of aryl methyl sites for hydroxylation is 1. The van der Waals surface area contributed by atoms with Crippen LogP contribution < -0.4 is 5.32 Å². The van der Waals surface area contributed by atoms with E-state index < -0.39 is 0 Å². The number of amides is 2. The first-order valence-electron chi connectivity index (χ1n) is 7.91. The molecule has 0 bridgehead atoms. The van der Waals surface area contributed by atoms with Crippen LogP contribution in [0, 0.1) is 12.8 Å². The van der Waals surface area contributed by atoms with Crippen molar-refractivity contribution in [1.29, 1.82) is 0 Å². The number of hydrogen-bond acceptors (Lipinski definition) is 2. The second-order valence-electron chi connectivity index (χ2n) is 6.00. The van der Waals surface area contributed by atoms with Gasteiger partial charge in [0.15, 0.2) is 0 Å². The molecule has 0 unspecified atom stereocenters. The summed E-state index contributed by atoms with van der Waals surface area (Å²) in [5.41, 5.74) is 0.735. The number of nitrogens with one attached hydrogen (secondary N) is 1. The van der Waals surface area contributed by atoms with Crippen LogP contribution in [0.5, 0.6) is 0 Å². The third-order valence-electron chi connectivity index (χ3n) is 4.36. The summed E-state index contributed by atoms with van der Waals surface area (Å²) in [6.07, 6.45) is 5.89. The maximum atomic E-state index is 12.3. The number of benzene rings is 1. The van der Waals surface area contributed by atoms with Gasteiger partial charge in [0.25, 0.3) is 0 Å². The fourth-order valence-electron chi connectivity index (χ4n) is 2.96. The number of carbonyl (C=O) groups is 1. The van der Waals surface area contributed by atoms with Gasteiger partial charge >= 0.3 is 6.03 Å². The molecule has 0 aliphatic carbocycles. The lowest BCUT2D eigenvalue weighted by Crippen LogP contribution is -2.41.